The minimum absolute atomic E-state index is 0.0681. The SMILES string of the molecule is Cc1ccccc1CN1C(=O)COc2ccc(NC(=O)C(C)N3C(=O)c4ccccc4C3=O)cc21. The molecule has 0 spiro atoms. The molecule has 0 aromatic heterocycles. The van der Waals surface area contributed by atoms with Gasteiger partial charge in [-0.1, -0.05) is 36.4 Å². The van der Waals surface area contributed by atoms with Gasteiger partial charge in [0, 0.05) is 5.69 Å². The molecule has 0 radical (unpaired) electrons. The molecule has 8 heteroatoms. The molecule has 176 valence electrons. The Morgan fingerprint density at radius 1 is 0.971 bits per heavy atom. The van der Waals surface area contributed by atoms with E-state index in [1.54, 1.807) is 47.4 Å². The normalized spacial score (nSPS) is 15.4. The van der Waals surface area contributed by atoms with Crippen molar-refractivity contribution in [3.8, 4) is 5.75 Å². The average Bonchev–Trinajstić information content (AvgIpc) is 3.11. The van der Waals surface area contributed by atoms with Gasteiger partial charge in [0.25, 0.3) is 17.7 Å². The fraction of sp³-hybridized carbons (Fsp3) is 0.185. The van der Waals surface area contributed by atoms with Crippen molar-refractivity contribution < 1.29 is 23.9 Å². The fourth-order valence-corrected chi connectivity index (χ4v) is 4.33. The van der Waals surface area contributed by atoms with Crippen molar-refractivity contribution in [2.45, 2.75) is 26.4 Å². The van der Waals surface area contributed by atoms with Crippen LogP contribution in [0.5, 0.6) is 5.75 Å². The lowest BCUT2D eigenvalue weighted by atomic mass is 10.1. The Bertz CT molecular complexity index is 1350. The molecule has 1 unspecified atom stereocenters. The van der Waals surface area contributed by atoms with Gasteiger partial charge >= 0.3 is 0 Å². The lowest BCUT2D eigenvalue weighted by Crippen LogP contribution is -2.45. The Hall–Kier alpha value is -4.46. The molecule has 0 bridgehead atoms. The number of hydrogen-bond acceptors (Lipinski definition) is 5. The summed E-state index contributed by atoms with van der Waals surface area (Å²) in [5.74, 6) is -1.18. The highest BCUT2D eigenvalue weighted by Gasteiger charge is 2.40. The first-order valence-corrected chi connectivity index (χ1v) is 11.2. The number of anilines is 2. The van der Waals surface area contributed by atoms with Gasteiger partial charge in [0.05, 0.1) is 23.4 Å². The van der Waals surface area contributed by atoms with E-state index >= 15 is 0 Å². The number of hydrogen-bond donors (Lipinski definition) is 1. The third-order valence-electron chi connectivity index (χ3n) is 6.35. The molecule has 2 aliphatic heterocycles. The summed E-state index contributed by atoms with van der Waals surface area (Å²) in [7, 11) is 0. The number of amides is 4. The third kappa shape index (κ3) is 3.93. The number of rotatable bonds is 5. The molecule has 4 amide bonds. The Kier molecular flexibility index (Phi) is 5.56. The summed E-state index contributed by atoms with van der Waals surface area (Å²) in [6.45, 7) is 3.79. The molecule has 3 aromatic rings. The number of ether oxygens (including phenoxy) is 1. The summed E-state index contributed by atoms with van der Waals surface area (Å²) in [5, 5.41) is 2.77. The zero-order chi connectivity index (χ0) is 24.7. The maximum absolute atomic E-state index is 13.0. The van der Waals surface area contributed by atoms with Gasteiger partial charge in [-0.05, 0) is 55.3 Å². The van der Waals surface area contributed by atoms with Crippen LogP contribution < -0.4 is 15.0 Å². The topological polar surface area (TPSA) is 96.0 Å². The predicted molar refractivity (Wildman–Crippen MR) is 129 cm³/mol. The molecule has 0 saturated carbocycles. The van der Waals surface area contributed by atoms with Gasteiger partial charge in [-0.2, -0.15) is 0 Å². The summed E-state index contributed by atoms with van der Waals surface area (Å²) in [6.07, 6.45) is 0. The van der Waals surface area contributed by atoms with Crippen LogP contribution in [0, 0.1) is 6.92 Å². The Labute approximate surface area is 202 Å². The number of fused-ring (bicyclic) bond motifs is 2. The monoisotopic (exact) mass is 469 g/mol. The number of carbonyl (C=O) groups is 4. The standard InChI is InChI=1S/C27H23N3O5/c1-16-7-3-4-8-18(16)14-29-22-13-19(11-12-23(22)35-15-24(29)31)28-25(32)17(2)30-26(33)20-9-5-6-10-21(20)27(30)34/h3-13,17H,14-15H2,1-2H3,(H,28,32). The Morgan fingerprint density at radius 3 is 2.31 bits per heavy atom. The largest absolute Gasteiger partial charge is 0.482 e. The van der Waals surface area contributed by atoms with Crippen molar-refractivity contribution in [1.29, 1.82) is 0 Å². The second-order valence-corrected chi connectivity index (χ2v) is 8.57. The van der Waals surface area contributed by atoms with E-state index < -0.39 is 23.8 Å². The van der Waals surface area contributed by atoms with Gasteiger partial charge in [0.1, 0.15) is 11.8 Å². The van der Waals surface area contributed by atoms with E-state index in [0.29, 0.717) is 23.7 Å². The van der Waals surface area contributed by atoms with E-state index in [0.717, 1.165) is 16.0 Å². The third-order valence-corrected chi connectivity index (χ3v) is 6.35. The number of nitrogens with one attached hydrogen (secondary N) is 1. The van der Waals surface area contributed by atoms with Gasteiger partial charge in [-0.3, -0.25) is 24.1 Å². The Balaban J connectivity index is 1.37. The van der Waals surface area contributed by atoms with Gasteiger partial charge in [0.15, 0.2) is 6.61 Å². The van der Waals surface area contributed by atoms with Crippen molar-refractivity contribution in [2.75, 3.05) is 16.8 Å². The van der Waals surface area contributed by atoms with E-state index in [4.69, 9.17) is 4.74 Å². The molecule has 0 saturated heterocycles. The first-order chi connectivity index (χ1) is 16.8. The molecule has 1 atom stereocenters. The van der Waals surface area contributed by atoms with Crippen LogP contribution >= 0.6 is 0 Å². The number of nitrogens with zero attached hydrogens (tertiary/aromatic N) is 2. The van der Waals surface area contributed by atoms with E-state index in [1.807, 2.05) is 31.2 Å². The molecular weight excluding hydrogens is 446 g/mol. The second-order valence-electron chi connectivity index (χ2n) is 8.57. The minimum atomic E-state index is -1.03. The molecule has 8 nitrogen and oxygen atoms in total. The van der Waals surface area contributed by atoms with Crippen molar-refractivity contribution in [1.82, 2.24) is 4.90 Å². The lowest BCUT2D eigenvalue weighted by Gasteiger charge is -2.30. The molecule has 0 fully saturated rings. The van der Waals surface area contributed by atoms with E-state index in [9.17, 15) is 19.2 Å². The summed E-state index contributed by atoms with van der Waals surface area (Å²) in [5.41, 5.74) is 3.60. The molecular formula is C27H23N3O5. The average molecular weight is 469 g/mol. The number of benzene rings is 3. The van der Waals surface area contributed by atoms with E-state index in [2.05, 4.69) is 5.32 Å². The number of carbonyl (C=O) groups excluding carboxylic acids is 4. The summed E-state index contributed by atoms with van der Waals surface area (Å²) >= 11 is 0. The fourth-order valence-electron chi connectivity index (χ4n) is 4.33. The van der Waals surface area contributed by atoms with Crippen LogP contribution in [0.2, 0.25) is 0 Å². The van der Waals surface area contributed by atoms with Crippen LogP contribution in [0.1, 0.15) is 38.8 Å². The maximum Gasteiger partial charge on any atom is 0.265 e. The van der Waals surface area contributed by atoms with Crippen molar-refractivity contribution in [3.63, 3.8) is 0 Å². The number of imide groups is 1. The Morgan fingerprint density at radius 2 is 1.63 bits per heavy atom. The lowest BCUT2D eigenvalue weighted by molar-refractivity contribution is -0.121. The quantitative estimate of drug-likeness (QED) is 0.577. The molecule has 1 N–H and O–H groups in total. The smallest absolute Gasteiger partial charge is 0.265 e. The van der Waals surface area contributed by atoms with E-state index in [1.165, 1.54) is 6.92 Å². The van der Waals surface area contributed by atoms with Crippen LogP contribution in [-0.2, 0) is 16.1 Å². The highest BCUT2D eigenvalue weighted by atomic mass is 16.5. The zero-order valence-corrected chi connectivity index (χ0v) is 19.3. The molecule has 2 heterocycles. The molecule has 35 heavy (non-hydrogen) atoms. The van der Waals surface area contributed by atoms with Gasteiger partial charge in [-0.25, -0.2) is 0 Å². The van der Waals surface area contributed by atoms with Crippen molar-refractivity contribution in [3.05, 3.63) is 89.0 Å². The second kappa shape index (κ2) is 8.72. The summed E-state index contributed by atoms with van der Waals surface area (Å²) in [4.78, 5) is 53.8. The van der Waals surface area contributed by atoms with Gasteiger partial charge < -0.3 is 15.0 Å². The van der Waals surface area contributed by atoms with Crippen molar-refractivity contribution >= 4 is 35.0 Å². The molecule has 3 aromatic carbocycles. The molecule has 5 rings (SSSR count). The molecule has 0 aliphatic carbocycles. The maximum atomic E-state index is 13.0. The van der Waals surface area contributed by atoms with Crippen LogP contribution in [-0.4, -0.2) is 41.2 Å². The highest BCUT2D eigenvalue weighted by Crippen LogP contribution is 2.36. The van der Waals surface area contributed by atoms with Crippen LogP contribution in [0.4, 0.5) is 11.4 Å². The van der Waals surface area contributed by atoms with Gasteiger partial charge in [0.2, 0.25) is 5.91 Å². The molecule has 2 aliphatic rings. The van der Waals surface area contributed by atoms with Crippen LogP contribution in [0.15, 0.2) is 66.7 Å². The highest BCUT2D eigenvalue weighted by molar-refractivity contribution is 6.23. The van der Waals surface area contributed by atoms with Crippen LogP contribution in [0.25, 0.3) is 0 Å². The first kappa shape index (κ1) is 22.3. The minimum Gasteiger partial charge on any atom is -0.482 e. The zero-order valence-electron chi connectivity index (χ0n) is 19.3. The first-order valence-electron chi connectivity index (χ1n) is 11.2. The predicted octanol–water partition coefficient (Wildman–Crippen LogP) is 3.54. The van der Waals surface area contributed by atoms with Crippen LogP contribution in [0.3, 0.4) is 0 Å². The summed E-state index contributed by atoms with van der Waals surface area (Å²) in [6, 6.07) is 18.3. The number of aryl methyl sites for hydroxylation is 1. The van der Waals surface area contributed by atoms with Crippen molar-refractivity contribution in [2.24, 2.45) is 0 Å². The van der Waals surface area contributed by atoms with Gasteiger partial charge in [-0.15, -0.1) is 0 Å². The summed E-state index contributed by atoms with van der Waals surface area (Å²) < 4.78 is 5.59. The van der Waals surface area contributed by atoms with E-state index in [-0.39, 0.29) is 23.6 Å².